The van der Waals surface area contributed by atoms with Crippen molar-refractivity contribution in [2.45, 2.75) is 187 Å². The predicted molar refractivity (Wildman–Crippen MR) is 365 cm³/mol. The van der Waals surface area contributed by atoms with Crippen molar-refractivity contribution in [3.63, 3.8) is 0 Å². The molecule has 2 aliphatic carbocycles. The van der Waals surface area contributed by atoms with E-state index in [1.54, 1.807) is 36.7 Å². The third kappa shape index (κ3) is 14.4. The molecule has 0 saturated heterocycles. The Morgan fingerprint density at radius 1 is 0.303 bits per heavy atom. The third-order valence-electron chi connectivity index (χ3n) is 17.6. The highest BCUT2D eigenvalue weighted by atomic mass is 15.1. The van der Waals surface area contributed by atoms with Gasteiger partial charge >= 0.3 is 7.06 Å². The Kier molecular flexibility index (Phi) is 14.1. The summed E-state index contributed by atoms with van der Waals surface area (Å²) in [6.45, 7) is 11.0. The third-order valence-corrected chi connectivity index (χ3v) is 17.6. The SMILES string of the molecule is [2H]n1c(-c2ccccc2)c(C)[n+](-c2ccccc2C)c1C([2H])([2H])[2H].[2H]n1c(C)c(C)[n+](-c2ccccc2C)c1C([2H])([2H])[2H].[2H]n1c(C)c(C)[n+](-c2ccccc2C)c1C([2H])([2H])[2H].[2H]n1c(C2CCCC2)c(C)[n+](-c2ccccc2C)c1C([2H])([2H])[2H].[2H]n1c(C2CCCCC2)c(C)[n+](-c2ccccc2C)c1C([2H])([2H])[2H]. The first-order valence-electron chi connectivity index (χ1n) is 40.8. The summed E-state index contributed by atoms with van der Waals surface area (Å²) in [4.78, 5) is 5.45. The Morgan fingerprint density at radius 2 is 0.573 bits per heavy atom. The van der Waals surface area contributed by atoms with Crippen molar-refractivity contribution < 1.29 is 50.5 Å². The monoisotopic (exact) mass is 1210 g/mol. The second-order valence-electron chi connectivity index (χ2n) is 23.7. The highest BCUT2D eigenvalue weighted by Gasteiger charge is 2.31. The van der Waals surface area contributed by atoms with Gasteiger partial charge in [-0.3, -0.25) is 0 Å². The Hall–Kier alpha value is -8.63. The number of nitrogens with zero attached hydrogens (tertiary/aromatic N) is 5. The van der Waals surface area contributed by atoms with E-state index in [0.29, 0.717) is 23.0 Å². The molecule has 6 aromatic carbocycles. The fourth-order valence-corrected chi connectivity index (χ4v) is 12.5. The molecule has 2 saturated carbocycles. The van der Waals surface area contributed by atoms with Crippen LogP contribution in [0.2, 0.25) is 7.06 Å². The van der Waals surface area contributed by atoms with Gasteiger partial charge in [0, 0.05) is 121 Å². The van der Waals surface area contributed by atoms with Crippen LogP contribution in [-0.2, 0) is 0 Å². The lowest BCUT2D eigenvalue weighted by Gasteiger charge is -2.18. The first kappa shape index (κ1) is 43.1. The summed E-state index contributed by atoms with van der Waals surface area (Å²) in [5.41, 5.74) is 17.5. The molecule has 5 N–H and O–H groups in total. The molecule has 0 amide bonds. The molecule has 5 heterocycles. The molecule has 0 atom stereocenters. The van der Waals surface area contributed by atoms with Gasteiger partial charge in [-0.15, -0.1) is 0 Å². The van der Waals surface area contributed by atoms with Crippen molar-refractivity contribution in [3.8, 4) is 39.7 Å². The first-order chi connectivity index (χ1) is 51.0. The van der Waals surface area contributed by atoms with Crippen LogP contribution < -0.4 is 22.8 Å². The van der Waals surface area contributed by atoms with Gasteiger partial charge in [0.1, 0.15) is 74.0 Å². The van der Waals surface area contributed by atoms with Crippen LogP contribution in [0.5, 0.6) is 0 Å². The second kappa shape index (κ2) is 29.1. The van der Waals surface area contributed by atoms with E-state index in [0.717, 1.165) is 168 Å². The molecular formula is C79H101N10+5. The van der Waals surface area contributed by atoms with Gasteiger partial charge in [0.05, 0.1) is 0 Å². The van der Waals surface area contributed by atoms with Crippen molar-refractivity contribution in [1.82, 2.24) is 24.9 Å². The fourth-order valence-electron chi connectivity index (χ4n) is 12.5. The summed E-state index contributed by atoms with van der Waals surface area (Å²) < 4.78 is 167. The average Bonchev–Trinajstić information content (AvgIpc) is 1.63. The number of nitrogens with one attached hydrogen (secondary N) is 5. The van der Waals surface area contributed by atoms with Crippen LogP contribution in [0, 0.1) is 117 Å². The predicted octanol–water partition coefficient (Wildman–Crippen LogP) is 17.1. The van der Waals surface area contributed by atoms with E-state index >= 15 is 0 Å². The minimum absolute atomic E-state index is 0.0109. The molecule has 11 aromatic rings. The number of hydrogen-bond acceptors (Lipinski definition) is 0. The Morgan fingerprint density at radius 3 is 0.899 bits per heavy atom. The highest BCUT2D eigenvalue weighted by molar-refractivity contribution is 5.61. The number of H-pyrrole nitrogens is 5. The van der Waals surface area contributed by atoms with Crippen LogP contribution in [-0.4, -0.2) is 24.9 Å². The zero-order valence-corrected chi connectivity index (χ0v) is 53.9. The lowest BCUT2D eigenvalue weighted by Crippen LogP contribution is -2.36. The van der Waals surface area contributed by atoms with Crippen LogP contribution >= 0.6 is 0 Å². The summed E-state index contributed by atoms with van der Waals surface area (Å²) >= 11 is 0. The second-order valence-corrected chi connectivity index (χ2v) is 23.7. The van der Waals surface area contributed by atoms with Crippen molar-refractivity contribution in [2.75, 3.05) is 0 Å². The minimum atomic E-state index is -2.40. The highest BCUT2D eigenvalue weighted by Crippen LogP contribution is 2.35. The van der Waals surface area contributed by atoms with E-state index in [4.69, 9.17) is 27.6 Å². The fraction of sp³-hybridized carbons (Fsp3) is 0.354. The smallest absolute Gasteiger partial charge is 0.245 e. The molecule has 462 valence electrons. The van der Waals surface area contributed by atoms with Gasteiger partial charge in [0.2, 0.25) is 0 Å². The molecule has 0 spiro atoms. The van der Waals surface area contributed by atoms with Crippen molar-refractivity contribution in [2.24, 2.45) is 0 Å². The number of imidazole rings is 5. The summed E-state index contributed by atoms with van der Waals surface area (Å²) in [6, 6.07) is 47.8. The molecule has 0 aliphatic heterocycles. The Balaban J connectivity index is 0.000000158. The van der Waals surface area contributed by atoms with Crippen LogP contribution in [0.15, 0.2) is 152 Å². The number of para-hydroxylation sites is 5. The molecular weight excluding hydrogens is 1090 g/mol. The van der Waals surface area contributed by atoms with E-state index in [9.17, 15) is 0 Å². The van der Waals surface area contributed by atoms with Crippen LogP contribution in [0.1, 0.15) is 198 Å². The van der Waals surface area contributed by atoms with Gasteiger partial charge in [-0.2, -0.15) is 22.8 Å². The lowest BCUT2D eigenvalue weighted by molar-refractivity contribution is -0.608. The molecule has 0 bridgehead atoms. The van der Waals surface area contributed by atoms with Gasteiger partial charge in [0.15, 0.2) is 11.4 Å². The molecule has 0 unspecified atom stereocenters. The molecule has 0 radical (unpaired) electrons. The number of benzene rings is 6. The van der Waals surface area contributed by atoms with E-state index in [1.165, 1.54) is 16.4 Å². The number of rotatable bonds is 8. The Labute approximate surface area is 560 Å². The van der Waals surface area contributed by atoms with Crippen LogP contribution in [0.3, 0.4) is 0 Å². The maximum absolute atomic E-state index is 8.56. The number of aromatic amines is 5. The number of hydrogen-bond donors (Lipinski definition) is 5. The van der Waals surface area contributed by atoms with E-state index in [2.05, 4.69) is 0 Å². The molecule has 2 aliphatic rings. The van der Waals surface area contributed by atoms with Crippen molar-refractivity contribution in [3.05, 3.63) is 260 Å². The number of aromatic nitrogens is 10. The summed E-state index contributed by atoms with van der Waals surface area (Å²) in [5, 5.41) is 0. The summed E-state index contributed by atoms with van der Waals surface area (Å²) in [5.74, 6) is 0.726. The standard InChI is InChI=1S/C18H24N2.C18H18N2.C17H22N2.2C13H16N2/c2*1-13-9-7-8-12-17(13)20-14(2)18(19-15(20)3)16-10-5-4-6-11-16;1-12-8-4-7-11-16(12)19-13(2)17(18-14(19)3)15-9-5-6-10-15;2*1-9-7-5-6-8-13(9)15-11(3)10(2)14-12(15)4/h7-9,12,16H,4-6,10-11H2,1-3H3;4-12H,1-3H3;4,7-8,11,15H,5-6,9-10H2,1-3H3;2*5-8H,1-4H3/p+5/i3*3D3;2*4D3/hD5. The van der Waals surface area contributed by atoms with Crippen molar-refractivity contribution in [1.29, 1.82) is 0 Å². The zero-order valence-electron chi connectivity index (χ0n) is 73.9. The molecule has 2 fully saturated rings. The molecule has 89 heavy (non-hydrogen) atoms. The van der Waals surface area contributed by atoms with Crippen LogP contribution in [0.4, 0.5) is 0 Å². The molecule has 10 heteroatoms. The average molecular weight is 1210 g/mol. The molecule has 13 rings (SSSR count). The maximum Gasteiger partial charge on any atom is 0.312 e. The van der Waals surface area contributed by atoms with Gasteiger partial charge in [-0.05, 0) is 118 Å². The van der Waals surface area contributed by atoms with Gasteiger partial charge in [-0.25, -0.2) is 24.9 Å². The Bertz CT molecular complexity index is 4940. The zero-order chi connectivity index (χ0) is 80.5. The van der Waals surface area contributed by atoms with Gasteiger partial charge in [0.25, 0.3) is 29.1 Å². The molecule has 10 nitrogen and oxygen atoms in total. The summed E-state index contributed by atoms with van der Waals surface area (Å²) in [6.07, 6.45) is 10.0. The largest absolute Gasteiger partial charge is 0.312 e. The van der Waals surface area contributed by atoms with E-state index < -0.39 is 34.3 Å². The first-order valence-corrected chi connectivity index (χ1v) is 31.1. The van der Waals surface area contributed by atoms with Gasteiger partial charge < -0.3 is 0 Å². The summed E-state index contributed by atoms with van der Waals surface area (Å²) in [7, 11) is 0. The maximum atomic E-state index is 8.56. The lowest BCUT2D eigenvalue weighted by atomic mass is 9.86. The number of aryl methyl sites for hydroxylation is 5. The van der Waals surface area contributed by atoms with E-state index in [-0.39, 0.29) is 35.0 Å². The van der Waals surface area contributed by atoms with Crippen LogP contribution in [0.25, 0.3) is 39.7 Å². The quantitative estimate of drug-likeness (QED) is 0.0937. The normalized spacial score (nSPS) is 17.2. The molecule has 5 aromatic heterocycles. The van der Waals surface area contributed by atoms with Gasteiger partial charge in [-0.1, -0.05) is 153 Å². The minimum Gasteiger partial charge on any atom is -0.245 e. The van der Waals surface area contributed by atoms with E-state index in [1.807, 2.05) is 221 Å². The van der Waals surface area contributed by atoms with Crippen molar-refractivity contribution >= 4 is 0 Å². The topological polar surface area (TPSA) is 98.3 Å².